The van der Waals surface area contributed by atoms with Gasteiger partial charge in [0.2, 0.25) is 11.8 Å². The summed E-state index contributed by atoms with van der Waals surface area (Å²) in [7, 11) is 0. The van der Waals surface area contributed by atoms with Gasteiger partial charge in [-0.1, -0.05) is 6.07 Å². The molecule has 0 atom stereocenters. The van der Waals surface area contributed by atoms with Crippen molar-refractivity contribution in [1.82, 2.24) is 15.5 Å². The molecule has 7 rings (SSSR count). The van der Waals surface area contributed by atoms with E-state index in [1.165, 1.54) is 31.4 Å². The number of halogens is 1. The molecule has 1 aromatic carbocycles. The van der Waals surface area contributed by atoms with E-state index in [1.807, 2.05) is 11.0 Å². The van der Waals surface area contributed by atoms with Crippen molar-refractivity contribution < 1.29 is 14.0 Å². The molecule has 2 amide bonds. The van der Waals surface area contributed by atoms with Crippen LogP contribution in [-0.4, -0.2) is 55.1 Å². The van der Waals surface area contributed by atoms with E-state index in [0.717, 1.165) is 62.3 Å². The Balaban J connectivity index is 1.03. The highest BCUT2D eigenvalue weighted by Gasteiger charge is 2.54. The van der Waals surface area contributed by atoms with Gasteiger partial charge in [0.1, 0.15) is 11.4 Å². The number of carbonyl (C=O) groups is 2. The minimum absolute atomic E-state index is 0.0431. The summed E-state index contributed by atoms with van der Waals surface area (Å²) in [6.45, 7) is 3.51. The van der Waals surface area contributed by atoms with Crippen LogP contribution in [0.1, 0.15) is 51.4 Å². The highest BCUT2D eigenvalue weighted by Crippen LogP contribution is 2.60. The largest absolute Gasteiger partial charge is 0.354 e. The summed E-state index contributed by atoms with van der Waals surface area (Å²) in [5.41, 5.74) is 0.0607. The van der Waals surface area contributed by atoms with Crippen molar-refractivity contribution in [3.8, 4) is 0 Å². The molecule has 0 radical (unpaired) electrons. The summed E-state index contributed by atoms with van der Waals surface area (Å²) in [6, 6.07) is 6.51. The Labute approximate surface area is 195 Å². The van der Waals surface area contributed by atoms with Crippen LogP contribution in [0.3, 0.4) is 0 Å². The first-order valence-corrected chi connectivity index (χ1v) is 12.8. The van der Waals surface area contributed by atoms with Crippen molar-refractivity contribution in [3.63, 3.8) is 0 Å². The van der Waals surface area contributed by atoms with Gasteiger partial charge in [0, 0.05) is 37.3 Å². The van der Waals surface area contributed by atoms with E-state index in [4.69, 9.17) is 0 Å². The normalized spacial score (nSPS) is 34.6. The fourth-order valence-electron chi connectivity index (χ4n) is 8.12. The number of piperidine rings is 1. The number of amides is 2. The summed E-state index contributed by atoms with van der Waals surface area (Å²) in [4.78, 5) is 30.4. The van der Waals surface area contributed by atoms with Gasteiger partial charge in [0.15, 0.2) is 0 Å². The molecule has 6 aliphatic rings. The van der Waals surface area contributed by atoms with Crippen molar-refractivity contribution in [2.24, 2.45) is 23.2 Å². The number of anilines is 1. The molecular formula is C26H35FN4O2. The van der Waals surface area contributed by atoms with Crippen LogP contribution in [-0.2, 0) is 9.59 Å². The van der Waals surface area contributed by atoms with E-state index in [9.17, 15) is 14.0 Å². The van der Waals surface area contributed by atoms with Gasteiger partial charge in [0.25, 0.3) is 0 Å². The van der Waals surface area contributed by atoms with Crippen LogP contribution in [0.2, 0.25) is 0 Å². The maximum Gasteiger partial charge on any atom is 0.247 e. The Morgan fingerprint density at radius 3 is 2.39 bits per heavy atom. The Morgan fingerprint density at radius 2 is 1.76 bits per heavy atom. The monoisotopic (exact) mass is 454 g/mol. The Hall–Kier alpha value is -2.15. The van der Waals surface area contributed by atoms with Gasteiger partial charge in [-0.3, -0.25) is 9.59 Å². The number of nitrogens with zero attached hydrogens (tertiary/aromatic N) is 2. The predicted octanol–water partition coefficient (Wildman–Crippen LogP) is 2.89. The maximum atomic E-state index is 13.8. The van der Waals surface area contributed by atoms with Crippen LogP contribution in [0.15, 0.2) is 24.3 Å². The van der Waals surface area contributed by atoms with E-state index >= 15 is 0 Å². The fourth-order valence-corrected chi connectivity index (χ4v) is 8.12. The number of nitrogens with one attached hydrogen (secondary N) is 2. The molecule has 4 saturated carbocycles. The molecule has 2 N–H and O–H groups in total. The minimum Gasteiger partial charge on any atom is -0.354 e. The zero-order valence-electron chi connectivity index (χ0n) is 19.3. The SMILES string of the molecule is O=C(NCCN1CCC2(CC1)C(=O)NCN2c1cccc(F)c1)C12CC3CC(CC(C3)C1)C2. The number of benzene rings is 1. The van der Waals surface area contributed by atoms with E-state index < -0.39 is 5.54 Å². The van der Waals surface area contributed by atoms with Gasteiger partial charge in [-0.2, -0.15) is 0 Å². The van der Waals surface area contributed by atoms with Crippen molar-refractivity contribution in [1.29, 1.82) is 0 Å². The predicted molar refractivity (Wildman–Crippen MR) is 124 cm³/mol. The van der Waals surface area contributed by atoms with E-state index in [2.05, 4.69) is 15.5 Å². The molecule has 2 heterocycles. The van der Waals surface area contributed by atoms with Gasteiger partial charge in [-0.25, -0.2) is 4.39 Å². The molecule has 0 unspecified atom stereocenters. The number of hydrogen-bond donors (Lipinski definition) is 2. The molecular weight excluding hydrogens is 419 g/mol. The third-order valence-corrected chi connectivity index (χ3v) is 9.37. The molecule has 1 aromatic rings. The summed E-state index contributed by atoms with van der Waals surface area (Å²) >= 11 is 0. The summed E-state index contributed by atoms with van der Waals surface area (Å²) < 4.78 is 13.8. The van der Waals surface area contributed by atoms with Gasteiger partial charge in [-0.05, 0) is 87.3 Å². The second kappa shape index (κ2) is 7.97. The molecule has 2 aliphatic heterocycles. The second-order valence-electron chi connectivity index (χ2n) is 11.4. The molecule has 6 fully saturated rings. The molecule has 6 nitrogen and oxygen atoms in total. The van der Waals surface area contributed by atoms with Crippen LogP contribution in [0.4, 0.5) is 10.1 Å². The zero-order chi connectivity index (χ0) is 22.6. The van der Waals surface area contributed by atoms with Gasteiger partial charge in [-0.15, -0.1) is 0 Å². The lowest BCUT2D eigenvalue weighted by Crippen LogP contribution is -2.57. The molecule has 1 spiro atoms. The highest BCUT2D eigenvalue weighted by atomic mass is 19.1. The van der Waals surface area contributed by atoms with E-state index in [1.54, 1.807) is 6.07 Å². The van der Waals surface area contributed by atoms with Crippen molar-refractivity contribution in [2.75, 3.05) is 37.7 Å². The topological polar surface area (TPSA) is 64.7 Å². The number of carbonyl (C=O) groups excluding carboxylic acids is 2. The Morgan fingerprint density at radius 1 is 1.09 bits per heavy atom. The molecule has 2 saturated heterocycles. The van der Waals surface area contributed by atoms with Crippen LogP contribution in [0.5, 0.6) is 0 Å². The van der Waals surface area contributed by atoms with Crippen molar-refractivity contribution in [2.45, 2.75) is 56.9 Å². The number of rotatable bonds is 5. The lowest BCUT2D eigenvalue weighted by molar-refractivity contribution is -0.146. The molecule has 4 bridgehead atoms. The average Bonchev–Trinajstić information content (AvgIpc) is 3.10. The average molecular weight is 455 g/mol. The van der Waals surface area contributed by atoms with Crippen molar-refractivity contribution >= 4 is 17.5 Å². The Kier molecular flexibility index (Phi) is 5.16. The minimum atomic E-state index is -0.604. The highest BCUT2D eigenvalue weighted by molar-refractivity contribution is 5.93. The zero-order valence-corrected chi connectivity index (χ0v) is 19.3. The molecule has 7 heteroatoms. The quantitative estimate of drug-likeness (QED) is 0.718. The lowest BCUT2D eigenvalue weighted by atomic mass is 9.49. The first-order valence-electron chi connectivity index (χ1n) is 12.8. The lowest BCUT2D eigenvalue weighted by Gasteiger charge is -2.55. The first-order chi connectivity index (χ1) is 16.0. The second-order valence-corrected chi connectivity index (χ2v) is 11.4. The smallest absolute Gasteiger partial charge is 0.247 e. The van der Waals surface area contributed by atoms with Crippen LogP contribution in [0, 0.1) is 29.0 Å². The standard InChI is InChI=1S/C26H35FN4O2/c27-21-2-1-3-22(13-21)31-17-29-24(33)26(31)4-7-30(8-5-26)9-6-28-23(32)25-14-18-10-19(15-25)12-20(11-18)16-25/h1-3,13,18-20H,4-12,14-17H2,(H,28,32)(H,29,33). The van der Waals surface area contributed by atoms with Crippen LogP contribution < -0.4 is 15.5 Å². The molecule has 0 aromatic heterocycles. The van der Waals surface area contributed by atoms with Crippen molar-refractivity contribution in [3.05, 3.63) is 30.1 Å². The number of likely N-dealkylation sites (tertiary alicyclic amines) is 1. The summed E-state index contributed by atoms with van der Waals surface area (Å²) in [5, 5.41) is 6.26. The third kappa shape index (κ3) is 3.63. The fraction of sp³-hybridized carbons (Fsp3) is 0.692. The summed E-state index contributed by atoms with van der Waals surface area (Å²) in [5.74, 6) is 2.38. The molecule has 178 valence electrons. The van der Waals surface area contributed by atoms with Gasteiger partial charge < -0.3 is 20.4 Å². The molecule has 33 heavy (non-hydrogen) atoms. The Bertz CT molecular complexity index is 907. The van der Waals surface area contributed by atoms with Crippen LogP contribution >= 0.6 is 0 Å². The van der Waals surface area contributed by atoms with Gasteiger partial charge >= 0.3 is 0 Å². The maximum absolute atomic E-state index is 13.8. The van der Waals surface area contributed by atoms with E-state index in [-0.39, 0.29) is 17.1 Å². The summed E-state index contributed by atoms with van der Waals surface area (Å²) in [6.07, 6.45) is 8.76. The third-order valence-electron chi connectivity index (χ3n) is 9.37. The van der Waals surface area contributed by atoms with Crippen LogP contribution in [0.25, 0.3) is 0 Å². The first kappa shape index (κ1) is 21.4. The number of hydrogen-bond acceptors (Lipinski definition) is 4. The van der Waals surface area contributed by atoms with Gasteiger partial charge in [0.05, 0.1) is 6.67 Å². The molecule has 4 aliphatic carbocycles. The van der Waals surface area contributed by atoms with E-state index in [0.29, 0.717) is 32.0 Å².